The number of rotatable bonds is 3. The highest BCUT2D eigenvalue weighted by molar-refractivity contribution is 5.82. The van der Waals surface area contributed by atoms with Gasteiger partial charge in [-0.25, -0.2) is 19.9 Å². The van der Waals surface area contributed by atoms with Crippen molar-refractivity contribution in [2.75, 3.05) is 18.0 Å². The molecule has 5 rings (SSSR count). The highest BCUT2D eigenvalue weighted by Gasteiger charge is 2.36. The zero-order valence-corrected chi connectivity index (χ0v) is 17.4. The first kappa shape index (κ1) is 20.6. The Bertz CT molecular complexity index is 1220. The van der Waals surface area contributed by atoms with Crippen molar-refractivity contribution in [2.24, 2.45) is 4.99 Å². The van der Waals surface area contributed by atoms with E-state index in [0.29, 0.717) is 24.6 Å². The van der Waals surface area contributed by atoms with Crippen LogP contribution in [0.1, 0.15) is 19.5 Å². The van der Waals surface area contributed by atoms with Crippen LogP contribution in [0.25, 0.3) is 17.2 Å². The van der Waals surface area contributed by atoms with Gasteiger partial charge in [-0.1, -0.05) is 6.08 Å². The molecule has 0 saturated carbocycles. The largest absolute Gasteiger partial charge is 0.434 e. The summed E-state index contributed by atoms with van der Waals surface area (Å²) in [5.74, 6) is 0.942. The lowest BCUT2D eigenvalue weighted by Crippen LogP contribution is -2.54. The molecule has 3 aromatic rings. The summed E-state index contributed by atoms with van der Waals surface area (Å²) in [6.07, 6.45) is 4.18. The van der Waals surface area contributed by atoms with Crippen molar-refractivity contribution in [3.05, 3.63) is 48.2 Å². The Labute approximate surface area is 181 Å². The summed E-state index contributed by atoms with van der Waals surface area (Å²) >= 11 is 0. The van der Waals surface area contributed by atoms with Gasteiger partial charge in [0.2, 0.25) is 0 Å². The average molecular weight is 443 g/mol. The number of aromatic nitrogens is 5. The first-order valence-corrected chi connectivity index (χ1v) is 10.2. The Hall–Kier alpha value is -3.34. The Morgan fingerprint density at radius 2 is 1.97 bits per heavy atom. The van der Waals surface area contributed by atoms with Crippen molar-refractivity contribution in [1.29, 1.82) is 0 Å². The van der Waals surface area contributed by atoms with Crippen LogP contribution in [0.3, 0.4) is 0 Å². The quantitative estimate of drug-likeness (QED) is 0.619. The van der Waals surface area contributed by atoms with Gasteiger partial charge in [-0.2, -0.15) is 13.2 Å². The topological polar surface area (TPSA) is 80.8 Å². The van der Waals surface area contributed by atoms with Crippen LogP contribution >= 0.6 is 0 Å². The molecule has 0 spiro atoms. The summed E-state index contributed by atoms with van der Waals surface area (Å²) in [4.78, 5) is 23.0. The lowest BCUT2D eigenvalue weighted by molar-refractivity contribution is -0.141. The molecule has 32 heavy (non-hydrogen) atoms. The van der Waals surface area contributed by atoms with Crippen molar-refractivity contribution in [1.82, 2.24) is 24.3 Å². The van der Waals surface area contributed by atoms with Gasteiger partial charge in [0.05, 0.1) is 31.1 Å². The van der Waals surface area contributed by atoms with Crippen LogP contribution in [0.5, 0.6) is 0 Å². The minimum atomic E-state index is -4.56. The zero-order chi connectivity index (χ0) is 22.5. The van der Waals surface area contributed by atoms with Crippen LogP contribution in [-0.2, 0) is 10.9 Å². The number of halogens is 3. The molecule has 11 heteroatoms. The van der Waals surface area contributed by atoms with Crippen LogP contribution in [0.4, 0.5) is 19.0 Å². The number of aliphatic imine (C=N–C) groups is 1. The highest BCUT2D eigenvalue weighted by Crippen LogP contribution is 2.30. The van der Waals surface area contributed by atoms with E-state index in [9.17, 15) is 13.2 Å². The third-order valence-corrected chi connectivity index (χ3v) is 5.61. The number of hydrogen-bond donors (Lipinski definition) is 0. The number of alkyl halides is 3. The van der Waals surface area contributed by atoms with Gasteiger partial charge in [0.15, 0.2) is 17.2 Å². The predicted octanol–water partition coefficient (Wildman–Crippen LogP) is 3.20. The number of nitrogens with zero attached hydrogens (tertiary/aromatic N) is 7. The SMILES string of the molecule is CC1CN(c2ccnc(-c3cnc4cnc(C(F)(F)F)cn34)n2)C(C)C(C2=CCN=C2)O1. The molecule has 0 amide bonds. The molecule has 166 valence electrons. The summed E-state index contributed by atoms with van der Waals surface area (Å²) < 4.78 is 46.9. The maximum atomic E-state index is 13.1. The minimum Gasteiger partial charge on any atom is -0.367 e. The van der Waals surface area contributed by atoms with E-state index in [2.05, 4.69) is 36.8 Å². The summed E-state index contributed by atoms with van der Waals surface area (Å²) in [5, 5.41) is 0. The third-order valence-electron chi connectivity index (χ3n) is 5.61. The van der Waals surface area contributed by atoms with E-state index in [0.717, 1.165) is 18.0 Å². The van der Waals surface area contributed by atoms with Crippen LogP contribution in [-0.4, -0.2) is 61.9 Å². The standard InChI is InChI=1S/C21H20F3N7O/c1-12-10-30(13(2)19(32-12)14-3-5-25-7-14)17-4-6-26-20(29-17)15-8-28-18-9-27-16(11-31(15)18)21(22,23)24/h3-4,6-9,11-13,19H,5,10H2,1-2H3. The molecule has 3 aromatic heterocycles. The molecule has 5 heterocycles. The summed E-state index contributed by atoms with van der Waals surface area (Å²) in [6, 6.07) is 1.77. The van der Waals surface area contributed by atoms with E-state index < -0.39 is 11.9 Å². The van der Waals surface area contributed by atoms with Crippen LogP contribution < -0.4 is 4.90 Å². The second-order valence-electron chi connectivity index (χ2n) is 7.84. The fraction of sp³-hybridized carbons (Fsp3) is 0.381. The molecule has 2 aliphatic rings. The van der Waals surface area contributed by atoms with Gasteiger partial charge in [-0.05, 0) is 25.5 Å². The molecule has 1 saturated heterocycles. The zero-order valence-electron chi connectivity index (χ0n) is 17.4. The number of fused-ring (bicyclic) bond motifs is 1. The average Bonchev–Trinajstić information content (AvgIpc) is 3.44. The Balaban J connectivity index is 1.52. The van der Waals surface area contributed by atoms with Crippen LogP contribution in [0.15, 0.2) is 47.5 Å². The second-order valence-corrected chi connectivity index (χ2v) is 7.84. The van der Waals surface area contributed by atoms with Crippen molar-refractivity contribution < 1.29 is 17.9 Å². The molecule has 2 aliphatic heterocycles. The monoisotopic (exact) mass is 443 g/mol. The molecule has 0 aromatic carbocycles. The van der Waals surface area contributed by atoms with Crippen LogP contribution in [0.2, 0.25) is 0 Å². The fourth-order valence-corrected chi connectivity index (χ4v) is 4.07. The molecule has 0 radical (unpaired) electrons. The van der Waals surface area contributed by atoms with Crippen molar-refractivity contribution in [3.63, 3.8) is 0 Å². The van der Waals surface area contributed by atoms with E-state index in [1.54, 1.807) is 12.3 Å². The highest BCUT2D eigenvalue weighted by atomic mass is 19.4. The molecule has 3 unspecified atom stereocenters. The molecule has 1 fully saturated rings. The first-order valence-electron chi connectivity index (χ1n) is 10.2. The molecule has 3 atom stereocenters. The van der Waals surface area contributed by atoms with Gasteiger partial charge >= 0.3 is 6.18 Å². The fourth-order valence-electron chi connectivity index (χ4n) is 4.07. The Morgan fingerprint density at radius 1 is 1.12 bits per heavy atom. The first-order chi connectivity index (χ1) is 15.3. The van der Waals surface area contributed by atoms with Gasteiger partial charge in [0.1, 0.15) is 17.6 Å². The molecule has 0 aliphatic carbocycles. The molecule has 8 nitrogen and oxygen atoms in total. The van der Waals surface area contributed by atoms with Crippen molar-refractivity contribution in [3.8, 4) is 11.5 Å². The maximum Gasteiger partial charge on any atom is 0.434 e. The van der Waals surface area contributed by atoms with E-state index in [-0.39, 0.29) is 29.7 Å². The molecular formula is C21H20F3N7O. The Morgan fingerprint density at radius 3 is 2.72 bits per heavy atom. The van der Waals surface area contributed by atoms with Crippen LogP contribution in [0, 0.1) is 0 Å². The van der Waals surface area contributed by atoms with Crippen molar-refractivity contribution in [2.45, 2.75) is 38.3 Å². The summed E-state index contributed by atoms with van der Waals surface area (Å²) in [7, 11) is 0. The molecule has 0 N–H and O–H groups in total. The Kier molecular flexibility index (Phi) is 4.92. The number of morpholine rings is 1. The van der Waals surface area contributed by atoms with Gasteiger partial charge in [0, 0.05) is 25.2 Å². The minimum absolute atomic E-state index is 0.0204. The maximum absolute atomic E-state index is 13.1. The van der Waals surface area contributed by atoms with Gasteiger partial charge in [-0.3, -0.25) is 9.39 Å². The van der Waals surface area contributed by atoms with Gasteiger partial charge < -0.3 is 9.64 Å². The lowest BCUT2D eigenvalue weighted by atomic mass is 10.00. The van der Waals surface area contributed by atoms with E-state index in [1.807, 2.05) is 19.2 Å². The number of hydrogen-bond acceptors (Lipinski definition) is 7. The van der Waals surface area contributed by atoms with Crippen molar-refractivity contribution >= 4 is 17.7 Å². The summed E-state index contributed by atoms with van der Waals surface area (Å²) in [6.45, 7) is 5.32. The number of ether oxygens (including phenoxy) is 1. The molecular weight excluding hydrogens is 423 g/mol. The predicted molar refractivity (Wildman–Crippen MR) is 112 cm³/mol. The smallest absolute Gasteiger partial charge is 0.367 e. The van der Waals surface area contributed by atoms with E-state index >= 15 is 0 Å². The van der Waals surface area contributed by atoms with E-state index in [4.69, 9.17) is 4.74 Å². The van der Waals surface area contributed by atoms with Gasteiger partial charge in [0.25, 0.3) is 0 Å². The van der Waals surface area contributed by atoms with E-state index in [1.165, 1.54) is 10.6 Å². The number of imidazole rings is 1. The lowest BCUT2D eigenvalue weighted by Gasteiger charge is -2.43. The third kappa shape index (κ3) is 3.62. The molecule has 0 bridgehead atoms. The van der Waals surface area contributed by atoms with Gasteiger partial charge in [-0.15, -0.1) is 0 Å². The second kappa shape index (κ2) is 7.66. The number of anilines is 1. The normalized spacial score (nSPS) is 23.7. The summed E-state index contributed by atoms with van der Waals surface area (Å²) in [5.41, 5.74) is 0.663.